The maximum atomic E-state index is 4.88. The Morgan fingerprint density at radius 3 is 2.75 bits per heavy atom. The van der Waals surface area contributed by atoms with Crippen molar-refractivity contribution in [2.24, 2.45) is 13.0 Å². The quantitative estimate of drug-likeness (QED) is 0.908. The van der Waals surface area contributed by atoms with Crippen LogP contribution in [0.1, 0.15) is 37.1 Å². The Kier molecular flexibility index (Phi) is 2.84. The summed E-state index contributed by atoms with van der Waals surface area (Å²) in [5.74, 6) is 2.07. The monoisotopic (exact) mass is 269 g/mol. The first-order valence-corrected chi connectivity index (χ1v) is 7.87. The van der Waals surface area contributed by atoms with Crippen LogP contribution in [0.4, 0.5) is 0 Å². The van der Waals surface area contributed by atoms with E-state index in [2.05, 4.69) is 42.1 Å². The van der Waals surface area contributed by atoms with E-state index in [1.165, 1.54) is 42.6 Å². The van der Waals surface area contributed by atoms with Crippen molar-refractivity contribution in [3.05, 3.63) is 29.6 Å². The van der Waals surface area contributed by atoms with Crippen molar-refractivity contribution in [1.82, 2.24) is 14.9 Å². The fourth-order valence-corrected chi connectivity index (χ4v) is 4.14. The van der Waals surface area contributed by atoms with Crippen LogP contribution in [-0.4, -0.2) is 21.6 Å². The third-order valence-electron chi connectivity index (χ3n) is 5.17. The number of imidazole rings is 1. The molecule has 2 aromatic rings. The smallest absolute Gasteiger partial charge is 0.109 e. The third kappa shape index (κ3) is 2.05. The highest BCUT2D eigenvalue weighted by atomic mass is 15.1. The molecule has 0 spiro atoms. The molecule has 2 fully saturated rings. The molecule has 0 aliphatic carbocycles. The summed E-state index contributed by atoms with van der Waals surface area (Å²) in [4.78, 5) is 4.88. The number of aromatic nitrogens is 2. The largest absolute Gasteiger partial charge is 0.331 e. The van der Waals surface area contributed by atoms with E-state index in [4.69, 9.17) is 4.98 Å². The Bertz CT molecular complexity index is 631. The molecule has 20 heavy (non-hydrogen) atoms. The Morgan fingerprint density at radius 2 is 2.00 bits per heavy atom. The molecule has 2 saturated heterocycles. The zero-order valence-corrected chi connectivity index (χ0v) is 12.4. The Balaban J connectivity index is 1.61. The molecule has 0 radical (unpaired) electrons. The van der Waals surface area contributed by atoms with E-state index in [-0.39, 0.29) is 0 Å². The zero-order chi connectivity index (χ0) is 13.7. The fraction of sp³-hybridized carbons (Fsp3) is 0.588. The van der Waals surface area contributed by atoms with Gasteiger partial charge in [-0.05, 0) is 56.2 Å². The average molecular weight is 269 g/mol. The van der Waals surface area contributed by atoms with Crippen molar-refractivity contribution >= 4 is 11.0 Å². The van der Waals surface area contributed by atoms with Crippen LogP contribution < -0.4 is 5.32 Å². The van der Waals surface area contributed by atoms with Gasteiger partial charge in [0.15, 0.2) is 0 Å². The number of piperidine rings is 1. The van der Waals surface area contributed by atoms with Crippen LogP contribution in [-0.2, 0) is 13.5 Å². The second-order valence-electron chi connectivity index (χ2n) is 6.76. The first kappa shape index (κ1) is 12.4. The lowest BCUT2D eigenvalue weighted by Crippen LogP contribution is -2.38. The molecule has 2 unspecified atom stereocenters. The zero-order valence-electron chi connectivity index (χ0n) is 12.4. The maximum absolute atomic E-state index is 4.88. The van der Waals surface area contributed by atoms with Gasteiger partial charge in [0.05, 0.1) is 11.0 Å². The van der Waals surface area contributed by atoms with Crippen molar-refractivity contribution < 1.29 is 0 Å². The van der Waals surface area contributed by atoms with Crippen LogP contribution in [0.25, 0.3) is 11.0 Å². The third-order valence-corrected chi connectivity index (χ3v) is 5.17. The molecule has 1 N–H and O–H groups in total. The summed E-state index contributed by atoms with van der Waals surface area (Å²) >= 11 is 0. The number of rotatable bonds is 2. The molecule has 1 aromatic heterocycles. The van der Waals surface area contributed by atoms with Gasteiger partial charge < -0.3 is 9.88 Å². The Morgan fingerprint density at radius 1 is 1.25 bits per heavy atom. The van der Waals surface area contributed by atoms with Gasteiger partial charge in [0.25, 0.3) is 0 Å². The van der Waals surface area contributed by atoms with E-state index in [9.17, 15) is 0 Å². The summed E-state index contributed by atoms with van der Waals surface area (Å²) in [5, 5.41) is 3.73. The van der Waals surface area contributed by atoms with Gasteiger partial charge in [-0.3, -0.25) is 0 Å². The maximum Gasteiger partial charge on any atom is 0.109 e. The lowest BCUT2D eigenvalue weighted by atomic mass is 9.89. The second kappa shape index (κ2) is 4.59. The van der Waals surface area contributed by atoms with Gasteiger partial charge >= 0.3 is 0 Å². The van der Waals surface area contributed by atoms with E-state index in [1.54, 1.807) is 0 Å². The first-order valence-electron chi connectivity index (χ1n) is 7.87. The van der Waals surface area contributed by atoms with E-state index in [0.717, 1.165) is 29.9 Å². The van der Waals surface area contributed by atoms with Crippen LogP contribution in [0.2, 0.25) is 0 Å². The molecule has 0 amide bonds. The van der Waals surface area contributed by atoms with Gasteiger partial charge in [0.2, 0.25) is 0 Å². The summed E-state index contributed by atoms with van der Waals surface area (Å²) in [6.07, 6.45) is 6.56. The number of benzene rings is 1. The molecule has 2 atom stereocenters. The number of fused-ring (bicyclic) bond motifs is 3. The predicted molar refractivity (Wildman–Crippen MR) is 81.8 cm³/mol. The van der Waals surface area contributed by atoms with Gasteiger partial charge in [0.1, 0.15) is 5.82 Å². The van der Waals surface area contributed by atoms with Crippen molar-refractivity contribution in [3.8, 4) is 0 Å². The minimum absolute atomic E-state index is 0.774. The van der Waals surface area contributed by atoms with Gasteiger partial charge in [0, 0.05) is 25.6 Å². The number of hydrogen-bond acceptors (Lipinski definition) is 2. The van der Waals surface area contributed by atoms with Gasteiger partial charge in [-0.25, -0.2) is 4.98 Å². The lowest BCUT2D eigenvalue weighted by Gasteiger charge is -2.28. The Labute approximate surface area is 120 Å². The van der Waals surface area contributed by atoms with Crippen molar-refractivity contribution in [2.75, 3.05) is 0 Å². The van der Waals surface area contributed by atoms with Gasteiger partial charge in [-0.15, -0.1) is 0 Å². The molecular weight excluding hydrogens is 246 g/mol. The summed E-state index contributed by atoms with van der Waals surface area (Å²) in [6, 6.07) is 8.13. The van der Waals surface area contributed by atoms with Crippen molar-refractivity contribution in [3.63, 3.8) is 0 Å². The van der Waals surface area contributed by atoms with Crippen LogP contribution in [0.5, 0.6) is 0 Å². The highest BCUT2D eigenvalue weighted by molar-refractivity contribution is 5.76. The number of nitrogens with zero attached hydrogens (tertiary/aromatic N) is 2. The molecule has 2 aliphatic rings. The van der Waals surface area contributed by atoms with Crippen molar-refractivity contribution in [1.29, 1.82) is 0 Å². The summed E-state index contributed by atoms with van der Waals surface area (Å²) < 4.78 is 2.29. The highest BCUT2D eigenvalue weighted by Gasteiger charge is 2.33. The highest BCUT2D eigenvalue weighted by Crippen LogP contribution is 2.33. The SMILES string of the molecule is Cc1ccc2c(c1)nc(CC1CC3CCC(C1)N3)n2C. The van der Waals surface area contributed by atoms with Crippen LogP contribution in [0.15, 0.2) is 18.2 Å². The summed E-state index contributed by atoms with van der Waals surface area (Å²) in [5.41, 5.74) is 3.71. The molecular formula is C17H23N3. The van der Waals surface area contributed by atoms with Crippen LogP contribution in [0, 0.1) is 12.8 Å². The molecule has 1 aromatic carbocycles. The van der Waals surface area contributed by atoms with Crippen LogP contribution >= 0.6 is 0 Å². The van der Waals surface area contributed by atoms with E-state index < -0.39 is 0 Å². The normalized spacial score (nSPS) is 29.2. The molecule has 2 bridgehead atoms. The molecule has 3 heterocycles. The first-order chi connectivity index (χ1) is 9.69. The fourth-order valence-electron chi connectivity index (χ4n) is 4.14. The number of hydrogen-bond donors (Lipinski definition) is 1. The van der Waals surface area contributed by atoms with Gasteiger partial charge in [-0.2, -0.15) is 0 Å². The molecule has 106 valence electrons. The Hall–Kier alpha value is -1.35. The number of nitrogens with one attached hydrogen (secondary N) is 1. The lowest BCUT2D eigenvalue weighted by molar-refractivity contribution is 0.294. The number of aryl methyl sites for hydroxylation is 2. The predicted octanol–water partition coefficient (Wildman–Crippen LogP) is 2.95. The van der Waals surface area contributed by atoms with E-state index >= 15 is 0 Å². The van der Waals surface area contributed by atoms with Crippen molar-refractivity contribution in [2.45, 2.75) is 51.1 Å². The standard InChI is InChI=1S/C17H23N3/c1-11-3-6-16-15(7-11)19-17(20(16)2)10-12-8-13-4-5-14(9-12)18-13/h3,6-7,12-14,18H,4-5,8-10H2,1-2H3. The summed E-state index contributed by atoms with van der Waals surface area (Å²) in [6.45, 7) is 2.14. The minimum Gasteiger partial charge on any atom is -0.331 e. The van der Waals surface area contributed by atoms with E-state index in [0.29, 0.717) is 0 Å². The molecule has 3 nitrogen and oxygen atoms in total. The minimum atomic E-state index is 0.774. The van der Waals surface area contributed by atoms with Gasteiger partial charge in [-0.1, -0.05) is 6.07 Å². The average Bonchev–Trinajstić information content (AvgIpc) is 2.91. The molecule has 3 heteroatoms. The van der Waals surface area contributed by atoms with Crippen LogP contribution in [0.3, 0.4) is 0 Å². The second-order valence-corrected chi connectivity index (χ2v) is 6.76. The topological polar surface area (TPSA) is 29.9 Å². The summed E-state index contributed by atoms with van der Waals surface area (Å²) in [7, 11) is 2.16. The molecule has 0 saturated carbocycles. The molecule has 2 aliphatic heterocycles. The molecule has 4 rings (SSSR count). The van der Waals surface area contributed by atoms with E-state index in [1.807, 2.05) is 0 Å².